The number of benzene rings is 1. The Morgan fingerprint density at radius 2 is 2.30 bits per heavy atom. The normalized spacial score (nSPS) is 14.8. The van der Waals surface area contributed by atoms with Gasteiger partial charge in [-0.25, -0.2) is 4.98 Å². The monoisotopic (exact) mass is 272 g/mol. The fourth-order valence-corrected chi connectivity index (χ4v) is 2.29. The van der Waals surface area contributed by atoms with Crippen molar-refractivity contribution in [1.29, 1.82) is 0 Å². The molecule has 0 spiro atoms. The summed E-state index contributed by atoms with van der Waals surface area (Å²) in [6, 6.07) is 3.56. The van der Waals surface area contributed by atoms with Gasteiger partial charge in [-0.3, -0.25) is 4.79 Å². The van der Waals surface area contributed by atoms with Gasteiger partial charge in [0, 0.05) is 5.69 Å². The van der Waals surface area contributed by atoms with E-state index in [0.29, 0.717) is 18.0 Å². The fourth-order valence-electron chi connectivity index (χ4n) is 2.29. The zero-order chi connectivity index (χ0) is 14.3. The van der Waals surface area contributed by atoms with Crippen molar-refractivity contribution >= 4 is 23.0 Å². The van der Waals surface area contributed by atoms with Crippen LogP contribution in [-0.4, -0.2) is 10.9 Å². The van der Waals surface area contributed by atoms with E-state index in [2.05, 4.69) is 15.6 Å². The van der Waals surface area contributed by atoms with E-state index in [1.807, 2.05) is 26.0 Å². The predicted molar refractivity (Wildman–Crippen MR) is 76.5 cm³/mol. The average molecular weight is 272 g/mol. The van der Waals surface area contributed by atoms with Crippen LogP contribution in [0.5, 0.6) is 0 Å². The minimum absolute atomic E-state index is 0.00655. The average Bonchev–Trinajstić information content (AvgIpc) is 2.95. The lowest BCUT2D eigenvalue weighted by Gasteiger charge is -2.15. The van der Waals surface area contributed by atoms with Crippen LogP contribution in [0.1, 0.15) is 30.2 Å². The molecule has 3 rings (SSSR count). The summed E-state index contributed by atoms with van der Waals surface area (Å²) in [5.41, 5.74) is 9.12. The molecule has 1 amide bonds. The molecule has 1 aromatic heterocycles. The third kappa shape index (κ3) is 2.20. The van der Waals surface area contributed by atoms with Gasteiger partial charge in [0.2, 0.25) is 11.8 Å². The van der Waals surface area contributed by atoms with Crippen molar-refractivity contribution in [2.24, 2.45) is 0 Å². The molecule has 20 heavy (non-hydrogen) atoms. The molecule has 2 heterocycles. The second kappa shape index (κ2) is 4.56. The van der Waals surface area contributed by atoms with Crippen molar-refractivity contribution in [2.75, 3.05) is 16.4 Å². The van der Waals surface area contributed by atoms with Crippen LogP contribution in [0.2, 0.25) is 0 Å². The molecule has 0 saturated heterocycles. The van der Waals surface area contributed by atoms with Crippen molar-refractivity contribution in [3.63, 3.8) is 0 Å². The highest BCUT2D eigenvalue weighted by molar-refractivity contribution is 6.00. The van der Waals surface area contributed by atoms with Gasteiger partial charge < -0.3 is 20.8 Å². The minimum atomic E-state index is -0.110. The standard InChI is InChI=1S/C14H16N4O2/c1-7-6-16-14(20-7)8(2)17-12-5-11-9(3-10(12)15)4-13(19)18-11/h3,5-6,8,17H,4,15H2,1-2H3,(H,18,19). The number of rotatable bonds is 3. The minimum Gasteiger partial charge on any atom is -0.444 e. The van der Waals surface area contributed by atoms with Crippen LogP contribution in [0.25, 0.3) is 0 Å². The maximum absolute atomic E-state index is 11.4. The Balaban J connectivity index is 1.84. The Morgan fingerprint density at radius 3 is 3.00 bits per heavy atom. The molecular formula is C14H16N4O2. The molecule has 1 atom stereocenters. The summed E-state index contributed by atoms with van der Waals surface area (Å²) in [6.45, 7) is 3.79. The molecule has 1 aromatic carbocycles. The van der Waals surface area contributed by atoms with Crippen LogP contribution in [0, 0.1) is 6.92 Å². The number of carbonyl (C=O) groups is 1. The smallest absolute Gasteiger partial charge is 0.228 e. The summed E-state index contributed by atoms with van der Waals surface area (Å²) in [5.74, 6) is 1.36. The topological polar surface area (TPSA) is 93.2 Å². The number of aromatic nitrogens is 1. The molecule has 0 aliphatic carbocycles. The van der Waals surface area contributed by atoms with E-state index in [0.717, 1.165) is 22.7 Å². The first-order valence-corrected chi connectivity index (χ1v) is 6.44. The number of hydrogen-bond donors (Lipinski definition) is 3. The first kappa shape index (κ1) is 12.5. The van der Waals surface area contributed by atoms with Gasteiger partial charge in [-0.15, -0.1) is 0 Å². The summed E-state index contributed by atoms with van der Waals surface area (Å²) in [4.78, 5) is 15.6. The van der Waals surface area contributed by atoms with E-state index in [9.17, 15) is 4.79 Å². The van der Waals surface area contributed by atoms with E-state index in [1.54, 1.807) is 6.20 Å². The lowest BCUT2D eigenvalue weighted by molar-refractivity contribution is -0.115. The highest BCUT2D eigenvalue weighted by atomic mass is 16.4. The lowest BCUT2D eigenvalue weighted by Crippen LogP contribution is -2.09. The van der Waals surface area contributed by atoms with Crippen molar-refractivity contribution in [3.05, 3.63) is 35.5 Å². The first-order valence-electron chi connectivity index (χ1n) is 6.44. The number of carbonyl (C=O) groups excluding carboxylic acids is 1. The maximum Gasteiger partial charge on any atom is 0.228 e. The van der Waals surface area contributed by atoms with Gasteiger partial charge >= 0.3 is 0 Å². The molecule has 0 bridgehead atoms. The van der Waals surface area contributed by atoms with Crippen LogP contribution in [0.3, 0.4) is 0 Å². The summed E-state index contributed by atoms with van der Waals surface area (Å²) in [6.07, 6.45) is 2.06. The molecule has 6 nitrogen and oxygen atoms in total. The Labute approximate surface area is 116 Å². The van der Waals surface area contributed by atoms with Gasteiger partial charge in [-0.2, -0.15) is 0 Å². The van der Waals surface area contributed by atoms with Gasteiger partial charge in [-0.05, 0) is 31.5 Å². The van der Waals surface area contributed by atoms with E-state index < -0.39 is 0 Å². The van der Waals surface area contributed by atoms with Crippen LogP contribution in [-0.2, 0) is 11.2 Å². The Kier molecular flexibility index (Phi) is 2.85. The number of anilines is 3. The highest BCUT2D eigenvalue weighted by Gasteiger charge is 2.20. The first-order chi connectivity index (χ1) is 9.52. The third-order valence-electron chi connectivity index (χ3n) is 3.28. The van der Waals surface area contributed by atoms with Crippen molar-refractivity contribution in [3.8, 4) is 0 Å². The van der Waals surface area contributed by atoms with Crippen molar-refractivity contribution < 1.29 is 9.21 Å². The number of hydrogen-bond acceptors (Lipinski definition) is 5. The van der Waals surface area contributed by atoms with Gasteiger partial charge in [0.25, 0.3) is 0 Å². The van der Waals surface area contributed by atoms with E-state index in [-0.39, 0.29) is 11.9 Å². The van der Waals surface area contributed by atoms with E-state index in [1.165, 1.54) is 0 Å². The zero-order valence-corrected chi connectivity index (χ0v) is 11.4. The summed E-state index contributed by atoms with van der Waals surface area (Å²) in [5, 5.41) is 6.06. The summed E-state index contributed by atoms with van der Waals surface area (Å²) in [7, 11) is 0. The number of amides is 1. The quantitative estimate of drug-likeness (QED) is 0.745. The predicted octanol–water partition coefficient (Wildman–Crippen LogP) is 2.23. The Morgan fingerprint density at radius 1 is 1.50 bits per heavy atom. The number of nitrogens with zero attached hydrogens (tertiary/aromatic N) is 1. The van der Waals surface area contributed by atoms with Crippen molar-refractivity contribution in [1.82, 2.24) is 4.98 Å². The molecule has 4 N–H and O–H groups in total. The molecule has 0 radical (unpaired) electrons. The maximum atomic E-state index is 11.4. The summed E-state index contributed by atoms with van der Waals surface area (Å²) < 4.78 is 5.48. The second-order valence-electron chi connectivity index (χ2n) is 5.00. The number of oxazole rings is 1. The van der Waals surface area contributed by atoms with E-state index >= 15 is 0 Å². The van der Waals surface area contributed by atoms with Gasteiger partial charge in [0.15, 0.2) is 0 Å². The summed E-state index contributed by atoms with van der Waals surface area (Å²) >= 11 is 0. The number of aryl methyl sites for hydroxylation is 1. The SMILES string of the molecule is Cc1cnc(C(C)Nc2cc3c(cc2N)CC(=O)N3)o1. The van der Waals surface area contributed by atoms with Crippen molar-refractivity contribution in [2.45, 2.75) is 26.3 Å². The highest BCUT2D eigenvalue weighted by Crippen LogP contribution is 2.33. The number of nitrogens with two attached hydrogens (primary N) is 1. The molecule has 1 unspecified atom stereocenters. The van der Waals surface area contributed by atoms with E-state index in [4.69, 9.17) is 10.2 Å². The van der Waals surface area contributed by atoms with Gasteiger partial charge in [0.1, 0.15) is 11.8 Å². The van der Waals surface area contributed by atoms with Crippen LogP contribution in [0.15, 0.2) is 22.7 Å². The second-order valence-corrected chi connectivity index (χ2v) is 5.00. The molecular weight excluding hydrogens is 256 g/mol. The van der Waals surface area contributed by atoms with Crippen LogP contribution in [0.4, 0.5) is 17.1 Å². The largest absolute Gasteiger partial charge is 0.444 e. The molecule has 0 fully saturated rings. The molecule has 1 aliphatic rings. The lowest BCUT2D eigenvalue weighted by atomic mass is 10.1. The fraction of sp³-hybridized carbons (Fsp3) is 0.286. The molecule has 1 aliphatic heterocycles. The molecule has 0 saturated carbocycles. The number of nitrogen functional groups attached to an aromatic ring is 1. The van der Waals surface area contributed by atoms with Crippen LogP contribution < -0.4 is 16.4 Å². The Hall–Kier alpha value is -2.50. The van der Waals surface area contributed by atoms with Gasteiger partial charge in [0.05, 0.1) is 24.0 Å². The third-order valence-corrected chi connectivity index (χ3v) is 3.28. The molecule has 6 heteroatoms. The number of nitrogens with one attached hydrogen (secondary N) is 2. The Bertz CT molecular complexity index is 678. The molecule has 104 valence electrons. The zero-order valence-electron chi connectivity index (χ0n) is 11.4. The van der Waals surface area contributed by atoms with Crippen LogP contribution >= 0.6 is 0 Å². The van der Waals surface area contributed by atoms with Gasteiger partial charge in [-0.1, -0.05) is 0 Å². The number of fused-ring (bicyclic) bond motifs is 1. The molecule has 2 aromatic rings.